The molecule has 0 aliphatic carbocycles. The third kappa shape index (κ3) is 3.33. The molecule has 0 fully saturated rings. The minimum Gasteiger partial charge on any atom is -0.392 e. The van der Waals surface area contributed by atoms with Crippen LogP contribution in [0.4, 0.5) is 17.6 Å². The first-order valence-electron chi connectivity index (χ1n) is 5.10. The van der Waals surface area contributed by atoms with Gasteiger partial charge in [0.1, 0.15) is 4.90 Å². The van der Waals surface area contributed by atoms with Gasteiger partial charge < -0.3 is 5.11 Å². The van der Waals surface area contributed by atoms with Crippen molar-refractivity contribution in [3.63, 3.8) is 0 Å². The van der Waals surface area contributed by atoms with Gasteiger partial charge in [-0.2, -0.15) is 0 Å². The molecular weight excluding hydrogens is 342 g/mol. The molecule has 0 amide bonds. The average Bonchev–Trinajstić information content (AvgIpc) is 2.22. The van der Waals surface area contributed by atoms with Crippen LogP contribution in [0, 0.1) is 23.3 Å². The van der Waals surface area contributed by atoms with Crippen LogP contribution in [0.2, 0.25) is 0 Å². The maximum absolute atomic E-state index is 13.6. The fraction of sp³-hybridized carbons (Fsp3) is 0.333. The van der Waals surface area contributed by atoms with Gasteiger partial charge in [-0.05, 0) is 6.92 Å². The summed E-state index contributed by atoms with van der Waals surface area (Å²) in [6.07, 6.45) is -1.59. The highest BCUT2D eigenvalue weighted by Crippen LogP contribution is 2.30. The Bertz CT molecular complexity index is 760. The summed E-state index contributed by atoms with van der Waals surface area (Å²) in [5, 5.41) is 13.3. The van der Waals surface area contributed by atoms with Crippen molar-refractivity contribution in [1.29, 1.82) is 0 Å². The van der Waals surface area contributed by atoms with Crippen LogP contribution in [0.1, 0.15) is 6.92 Å². The number of aliphatic hydroxyl groups is 1. The lowest BCUT2D eigenvalue weighted by molar-refractivity contribution is 0.217. The van der Waals surface area contributed by atoms with Crippen LogP contribution in [0.15, 0.2) is 9.79 Å². The van der Waals surface area contributed by atoms with Crippen molar-refractivity contribution in [2.75, 3.05) is 5.75 Å². The van der Waals surface area contributed by atoms with Gasteiger partial charge in [0.05, 0.1) is 11.9 Å². The van der Waals surface area contributed by atoms with Crippen LogP contribution < -0.4 is 5.14 Å². The Kier molecular flexibility index (Phi) is 4.68. The summed E-state index contributed by atoms with van der Waals surface area (Å²) in [7, 11) is -10.1. The van der Waals surface area contributed by atoms with E-state index in [1.165, 1.54) is 0 Å². The molecule has 0 bridgehead atoms. The number of halogens is 4. The van der Waals surface area contributed by atoms with Crippen LogP contribution in [0.3, 0.4) is 0 Å². The minimum atomic E-state index is -5.17. The molecule has 1 aromatic rings. The highest BCUT2D eigenvalue weighted by molar-refractivity contribution is 7.91. The largest absolute Gasteiger partial charge is 0.392 e. The van der Waals surface area contributed by atoms with Crippen LogP contribution in [-0.4, -0.2) is 33.8 Å². The lowest BCUT2D eigenvalue weighted by Gasteiger charge is -2.12. The zero-order valence-corrected chi connectivity index (χ0v) is 11.9. The molecule has 21 heavy (non-hydrogen) atoms. The number of aliphatic hydroxyl groups excluding tert-OH is 1. The highest BCUT2D eigenvalue weighted by atomic mass is 32.2. The third-order valence-electron chi connectivity index (χ3n) is 2.24. The number of sulfone groups is 1. The van der Waals surface area contributed by atoms with Crippen LogP contribution in [0.5, 0.6) is 0 Å². The second-order valence-electron chi connectivity index (χ2n) is 4.09. The predicted octanol–water partition coefficient (Wildman–Crippen LogP) is 0.0449. The lowest BCUT2D eigenvalue weighted by atomic mass is 10.3. The molecule has 0 saturated carbocycles. The van der Waals surface area contributed by atoms with E-state index >= 15 is 0 Å². The van der Waals surface area contributed by atoms with E-state index in [0.29, 0.717) is 0 Å². The smallest absolute Gasteiger partial charge is 0.244 e. The second-order valence-corrected chi connectivity index (χ2v) is 7.56. The van der Waals surface area contributed by atoms with Gasteiger partial charge in [0, 0.05) is 0 Å². The van der Waals surface area contributed by atoms with Crippen molar-refractivity contribution in [2.24, 2.45) is 5.14 Å². The summed E-state index contributed by atoms with van der Waals surface area (Å²) >= 11 is 0. The Morgan fingerprint density at radius 2 is 1.29 bits per heavy atom. The molecule has 1 rings (SSSR count). The summed E-state index contributed by atoms with van der Waals surface area (Å²) in [5.41, 5.74) is 0. The molecule has 0 saturated heterocycles. The first-order chi connectivity index (χ1) is 9.30. The van der Waals surface area contributed by atoms with Crippen molar-refractivity contribution >= 4 is 19.9 Å². The molecule has 3 N–H and O–H groups in total. The number of hydrogen-bond acceptors (Lipinski definition) is 5. The van der Waals surface area contributed by atoms with Gasteiger partial charge in [0.2, 0.25) is 10.0 Å². The Morgan fingerprint density at radius 3 is 1.57 bits per heavy atom. The Labute approximate surface area is 117 Å². The average molecular weight is 351 g/mol. The van der Waals surface area contributed by atoms with Gasteiger partial charge in [0.15, 0.2) is 38.0 Å². The Morgan fingerprint density at radius 1 is 0.952 bits per heavy atom. The molecule has 0 aliphatic rings. The summed E-state index contributed by atoms with van der Waals surface area (Å²) < 4.78 is 99.2. The molecule has 0 aliphatic heterocycles. The quantitative estimate of drug-likeness (QED) is 0.587. The van der Waals surface area contributed by atoms with E-state index in [1.807, 2.05) is 0 Å². The first kappa shape index (κ1) is 17.8. The van der Waals surface area contributed by atoms with E-state index in [1.54, 1.807) is 0 Å². The van der Waals surface area contributed by atoms with Crippen molar-refractivity contribution in [3.8, 4) is 0 Å². The maximum atomic E-state index is 13.6. The molecule has 1 unspecified atom stereocenters. The van der Waals surface area contributed by atoms with Gasteiger partial charge in [-0.3, -0.25) is 0 Å². The summed E-state index contributed by atoms with van der Waals surface area (Å²) in [5.74, 6) is -11.0. The van der Waals surface area contributed by atoms with Crippen LogP contribution in [0.25, 0.3) is 0 Å². The highest BCUT2D eigenvalue weighted by Gasteiger charge is 2.36. The molecule has 0 radical (unpaired) electrons. The van der Waals surface area contributed by atoms with Crippen molar-refractivity contribution in [1.82, 2.24) is 0 Å². The molecule has 12 heteroatoms. The molecule has 0 heterocycles. The molecule has 120 valence electrons. The Hall–Kier alpha value is -1.24. The van der Waals surface area contributed by atoms with Crippen LogP contribution in [-0.2, 0) is 19.9 Å². The van der Waals surface area contributed by atoms with Gasteiger partial charge in [0.25, 0.3) is 0 Å². The van der Waals surface area contributed by atoms with Crippen molar-refractivity contribution in [3.05, 3.63) is 23.3 Å². The normalized spacial score (nSPS) is 14.2. The summed E-state index contributed by atoms with van der Waals surface area (Å²) in [6.45, 7) is 0.957. The van der Waals surface area contributed by atoms with E-state index in [2.05, 4.69) is 5.14 Å². The second kappa shape index (κ2) is 5.51. The fourth-order valence-corrected chi connectivity index (χ4v) is 3.72. The monoisotopic (exact) mass is 351 g/mol. The number of hydrogen-bond donors (Lipinski definition) is 2. The first-order valence-corrected chi connectivity index (χ1v) is 8.30. The van der Waals surface area contributed by atoms with E-state index in [9.17, 15) is 34.4 Å². The predicted molar refractivity (Wildman–Crippen MR) is 61.4 cm³/mol. The number of nitrogens with two attached hydrogens (primary N) is 1. The van der Waals surface area contributed by atoms with Crippen LogP contribution >= 0.6 is 0 Å². The summed E-state index contributed by atoms with van der Waals surface area (Å²) in [6, 6.07) is 0. The number of rotatable bonds is 4. The van der Waals surface area contributed by atoms with Crippen molar-refractivity contribution < 1.29 is 39.5 Å². The third-order valence-corrected chi connectivity index (χ3v) is 5.07. The fourth-order valence-electron chi connectivity index (χ4n) is 1.52. The van der Waals surface area contributed by atoms with E-state index < -0.39 is 64.8 Å². The van der Waals surface area contributed by atoms with Gasteiger partial charge in [-0.1, -0.05) is 0 Å². The van der Waals surface area contributed by atoms with E-state index in [4.69, 9.17) is 5.11 Å². The number of benzene rings is 1. The van der Waals surface area contributed by atoms with Gasteiger partial charge >= 0.3 is 0 Å². The maximum Gasteiger partial charge on any atom is 0.244 e. The van der Waals surface area contributed by atoms with E-state index in [-0.39, 0.29) is 0 Å². The standard InChI is InChI=1S/C9H9F4NO5S2/c1-3(15)2-20(16,17)8-4(10)6(12)9(21(14,18)19)7(13)5(8)11/h3,15H,2H2,1H3,(H2,14,18,19). The number of sulfonamides is 1. The molecule has 0 spiro atoms. The topological polar surface area (TPSA) is 115 Å². The molecular formula is C9H9F4NO5S2. The minimum absolute atomic E-state index is 0.957. The molecule has 6 nitrogen and oxygen atoms in total. The molecule has 1 aromatic carbocycles. The molecule has 1 atom stereocenters. The molecule has 0 aromatic heterocycles. The zero-order chi connectivity index (χ0) is 16.7. The SMILES string of the molecule is CC(O)CS(=O)(=O)c1c(F)c(F)c(S(N)(=O)=O)c(F)c1F. The van der Waals surface area contributed by atoms with E-state index in [0.717, 1.165) is 6.92 Å². The number of primary sulfonamides is 1. The Balaban J connectivity index is 3.84. The van der Waals surface area contributed by atoms with Gasteiger partial charge in [-0.25, -0.2) is 39.5 Å². The lowest BCUT2D eigenvalue weighted by Crippen LogP contribution is -2.24. The van der Waals surface area contributed by atoms with Gasteiger partial charge in [-0.15, -0.1) is 0 Å². The van der Waals surface area contributed by atoms with Crippen molar-refractivity contribution in [2.45, 2.75) is 22.8 Å². The zero-order valence-electron chi connectivity index (χ0n) is 10.3. The summed E-state index contributed by atoms with van der Waals surface area (Å²) in [4.78, 5) is -4.13.